The molecule has 0 aliphatic carbocycles. The normalized spacial score (nSPS) is 15.8. The number of Topliss-reactive ketones (excluding diaryl/α,β-unsaturated/α-hetero) is 1. The molecule has 0 radical (unpaired) electrons. The number of phenols is 1. The van der Waals surface area contributed by atoms with E-state index in [1.807, 2.05) is 37.3 Å². The Kier molecular flexibility index (Phi) is 8.68. The Bertz CT molecular complexity index is 1780. The van der Waals surface area contributed by atoms with Crippen LogP contribution in [0.3, 0.4) is 0 Å². The molecule has 1 fully saturated rings. The van der Waals surface area contributed by atoms with E-state index in [2.05, 4.69) is 4.98 Å². The van der Waals surface area contributed by atoms with Gasteiger partial charge in [0.1, 0.15) is 23.0 Å². The van der Waals surface area contributed by atoms with Gasteiger partial charge in [0.05, 0.1) is 31.0 Å². The lowest BCUT2D eigenvalue weighted by molar-refractivity contribution is -0.132. The van der Waals surface area contributed by atoms with Gasteiger partial charge in [0.25, 0.3) is 5.78 Å². The summed E-state index contributed by atoms with van der Waals surface area (Å²) in [6.45, 7) is 5.76. The lowest BCUT2D eigenvalue weighted by Crippen LogP contribution is -2.29. The van der Waals surface area contributed by atoms with E-state index in [9.17, 15) is 24.6 Å². The van der Waals surface area contributed by atoms with E-state index in [1.54, 1.807) is 32.0 Å². The molecule has 1 aromatic heterocycles. The Balaban J connectivity index is 1.61. The van der Waals surface area contributed by atoms with Crippen LogP contribution in [0.1, 0.15) is 50.6 Å². The minimum atomic E-state index is -1.15. The molecule has 0 spiro atoms. The molecule has 1 aliphatic rings. The van der Waals surface area contributed by atoms with Crippen molar-refractivity contribution < 1.29 is 38.8 Å². The molecule has 0 saturated carbocycles. The summed E-state index contributed by atoms with van der Waals surface area (Å²) in [5.41, 5.74) is 2.50. The zero-order valence-corrected chi connectivity index (χ0v) is 25.3. The SMILES string of the molecule is CCOc1cc([C@@H]2/C(=C(\O)c3ccc(OCc4ccccc4)c(C)c3)C(=O)C(=O)N2c2nc(C)c(C(=O)OC)s2)ccc1O. The molecule has 2 N–H and O–H groups in total. The number of thiazole rings is 1. The number of anilines is 1. The monoisotopic (exact) mass is 614 g/mol. The number of hydrogen-bond donors (Lipinski definition) is 2. The first-order chi connectivity index (χ1) is 21.1. The maximum atomic E-state index is 13.6. The van der Waals surface area contributed by atoms with Crippen LogP contribution in [0.25, 0.3) is 5.76 Å². The van der Waals surface area contributed by atoms with Crippen molar-refractivity contribution in [1.82, 2.24) is 4.98 Å². The second-order valence-electron chi connectivity index (χ2n) is 9.99. The third kappa shape index (κ3) is 5.73. The molecule has 0 bridgehead atoms. The number of carbonyl (C=O) groups is 3. The summed E-state index contributed by atoms with van der Waals surface area (Å²) in [6, 6.07) is 17.9. The molecule has 44 heavy (non-hydrogen) atoms. The molecule has 3 aromatic carbocycles. The van der Waals surface area contributed by atoms with Gasteiger partial charge < -0.3 is 24.4 Å². The number of methoxy groups -OCH3 is 1. The molecule has 0 unspecified atom stereocenters. The van der Waals surface area contributed by atoms with Crippen molar-refractivity contribution in [3.8, 4) is 17.2 Å². The van der Waals surface area contributed by atoms with E-state index in [-0.39, 0.29) is 33.7 Å². The van der Waals surface area contributed by atoms with Crippen molar-refractivity contribution in [2.24, 2.45) is 0 Å². The van der Waals surface area contributed by atoms with Crippen LogP contribution in [0.2, 0.25) is 0 Å². The molecule has 1 amide bonds. The minimum absolute atomic E-state index is 0.0703. The van der Waals surface area contributed by atoms with Crippen LogP contribution in [0, 0.1) is 13.8 Å². The summed E-state index contributed by atoms with van der Waals surface area (Å²) in [7, 11) is 1.24. The Morgan fingerprint density at radius 2 is 1.75 bits per heavy atom. The Morgan fingerprint density at radius 3 is 2.43 bits per heavy atom. The summed E-state index contributed by atoms with van der Waals surface area (Å²) in [5, 5.41) is 22.0. The average molecular weight is 615 g/mol. The lowest BCUT2D eigenvalue weighted by atomic mass is 9.94. The number of aliphatic hydroxyl groups excluding tert-OH is 1. The van der Waals surface area contributed by atoms with Crippen molar-refractivity contribution in [2.75, 3.05) is 18.6 Å². The molecule has 1 saturated heterocycles. The second kappa shape index (κ2) is 12.6. The molecule has 5 rings (SSSR count). The zero-order valence-electron chi connectivity index (χ0n) is 24.5. The van der Waals surface area contributed by atoms with Crippen LogP contribution in [-0.4, -0.2) is 46.6 Å². The topological polar surface area (TPSA) is 135 Å². The smallest absolute Gasteiger partial charge is 0.350 e. The van der Waals surface area contributed by atoms with Crippen LogP contribution < -0.4 is 14.4 Å². The average Bonchev–Trinajstić information content (AvgIpc) is 3.53. The zero-order chi connectivity index (χ0) is 31.5. The predicted molar refractivity (Wildman–Crippen MR) is 164 cm³/mol. The third-order valence-corrected chi connectivity index (χ3v) is 8.23. The van der Waals surface area contributed by atoms with Crippen molar-refractivity contribution in [1.29, 1.82) is 0 Å². The number of hydrogen-bond acceptors (Lipinski definition) is 10. The first-order valence-electron chi connectivity index (χ1n) is 13.7. The van der Waals surface area contributed by atoms with Crippen LogP contribution in [-0.2, 0) is 20.9 Å². The van der Waals surface area contributed by atoms with Gasteiger partial charge in [0.15, 0.2) is 16.6 Å². The second-order valence-corrected chi connectivity index (χ2v) is 11.0. The Morgan fingerprint density at radius 1 is 1.00 bits per heavy atom. The minimum Gasteiger partial charge on any atom is -0.507 e. The number of esters is 1. The highest BCUT2D eigenvalue weighted by atomic mass is 32.1. The largest absolute Gasteiger partial charge is 0.507 e. The molecule has 1 aliphatic heterocycles. The maximum Gasteiger partial charge on any atom is 0.350 e. The first-order valence-corrected chi connectivity index (χ1v) is 14.6. The number of phenolic OH excluding ortho intramolecular Hbond substituents is 1. The van der Waals surface area contributed by atoms with E-state index in [0.29, 0.717) is 34.7 Å². The van der Waals surface area contributed by atoms with Crippen molar-refractivity contribution >= 4 is 39.9 Å². The van der Waals surface area contributed by atoms with Crippen LogP contribution in [0.15, 0.2) is 72.3 Å². The number of aromatic nitrogens is 1. The molecule has 11 heteroatoms. The highest BCUT2D eigenvalue weighted by molar-refractivity contribution is 7.17. The van der Waals surface area contributed by atoms with E-state index >= 15 is 0 Å². The third-order valence-electron chi connectivity index (χ3n) is 7.09. The number of aliphatic hydroxyl groups is 1. The van der Waals surface area contributed by atoms with E-state index in [1.165, 1.54) is 25.3 Å². The van der Waals surface area contributed by atoms with Gasteiger partial charge in [0, 0.05) is 5.56 Å². The van der Waals surface area contributed by atoms with Crippen LogP contribution in [0.4, 0.5) is 5.13 Å². The fourth-order valence-electron chi connectivity index (χ4n) is 4.93. The number of rotatable bonds is 9. The number of amides is 1. The van der Waals surface area contributed by atoms with E-state index < -0.39 is 29.5 Å². The summed E-state index contributed by atoms with van der Waals surface area (Å²) in [6.07, 6.45) is 0. The molecular weight excluding hydrogens is 584 g/mol. The molecule has 4 aromatic rings. The molecular formula is C33H30N2O8S. The molecule has 2 heterocycles. The highest BCUT2D eigenvalue weighted by Crippen LogP contribution is 2.45. The number of benzene rings is 3. The quantitative estimate of drug-likeness (QED) is 0.103. The fourth-order valence-corrected chi connectivity index (χ4v) is 5.95. The fraction of sp³-hybridized carbons (Fsp3) is 0.212. The number of ether oxygens (including phenoxy) is 3. The number of ketones is 1. The number of nitrogens with zero attached hydrogens (tertiary/aromatic N) is 2. The van der Waals surface area contributed by atoms with Gasteiger partial charge in [-0.2, -0.15) is 0 Å². The lowest BCUT2D eigenvalue weighted by Gasteiger charge is -2.23. The van der Waals surface area contributed by atoms with Gasteiger partial charge in [-0.15, -0.1) is 0 Å². The number of aromatic hydroxyl groups is 1. The summed E-state index contributed by atoms with van der Waals surface area (Å²) < 4.78 is 16.4. The van der Waals surface area contributed by atoms with Crippen LogP contribution >= 0.6 is 11.3 Å². The Labute approximate surface area is 257 Å². The van der Waals surface area contributed by atoms with Gasteiger partial charge in [0.2, 0.25) is 0 Å². The van der Waals surface area contributed by atoms with Crippen molar-refractivity contribution in [3.05, 3.63) is 105 Å². The molecule has 226 valence electrons. The van der Waals surface area contributed by atoms with Gasteiger partial charge in [-0.05, 0) is 67.8 Å². The van der Waals surface area contributed by atoms with Crippen molar-refractivity contribution in [2.45, 2.75) is 33.4 Å². The highest BCUT2D eigenvalue weighted by Gasteiger charge is 2.48. The standard InChI is InChI=1S/C33H30N2O8S/c1-5-42-25-16-21(11-13-23(25)36)27-26(29(38)31(39)35(27)33-34-19(3)30(44-33)32(40)41-4)28(37)22-12-14-24(18(2)15-22)43-17-20-9-7-6-8-10-20/h6-16,27,36-37H,5,17H2,1-4H3/b28-26+/t27-/m1/s1. The molecule has 1 atom stereocenters. The van der Waals surface area contributed by atoms with Crippen LogP contribution in [0.5, 0.6) is 17.2 Å². The van der Waals surface area contributed by atoms with Gasteiger partial charge in [-0.1, -0.05) is 47.7 Å². The maximum absolute atomic E-state index is 13.6. The van der Waals surface area contributed by atoms with Crippen molar-refractivity contribution in [3.63, 3.8) is 0 Å². The number of aryl methyl sites for hydroxylation is 2. The van der Waals surface area contributed by atoms with E-state index in [0.717, 1.165) is 21.8 Å². The summed E-state index contributed by atoms with van der Waals surface area (Å²) in [5.74, 6) is -2.31. The van der Waals surface area contributed by atoms with Gasteiger partial charge in [-0.3, -0.25) is 14.5 Å². The van der Waals surface area contributed by atoms with Gasteiger partial charge in [-0.25, -0.2) is 9.78 Å². The Hall–Kier alpha value is -5.16. The number of carbonyl (C=O) groups excluding carboxylic acids is 3. The molecule has 10 nitrogen and oxygen atoms in total. The summed E-state index contributed by atoms with van der Waals surface area (Å²) in [4.78, 5) is 45.3. The van der Waals surface area contributed by atoms with E-state index in [4.69, 9.17) is 14.2 Å². The first kappa shape index (κ1) is 30.3. The van der Waals surface area contributed by atoms with Gasteiger partial charge >= 0.3 is 11.9 Å². The summed E-state index contributed by atoms with van der Waals surface area (Å²) >= 11 is 0.895. The predicted octanol–water partition coefficient (Wildman–Crippen LogP) is 5.86.